The van der Waals surface area contributed by atoms with Crippen LogP contribution in [0, 0.1) is 17.8 Å². The van der Waals surface area contributed by atoms with E-state index in [9.17, 15) is 4.79 Å². The van der Waals surface area contributed by atoms with Crippen molar-refractivity contribution in [3.63, 3.8) is 0 Å². The largest absolute Gasteiger partial charge is 0.496 e. The Bertz CT molecular complexity index is 1060. The number of benzene rings is 2. The minimum atomic E-state index is -0.291. The third-order valence-corrected chi connectivity index (χ3v) is 7.96. The minimum absolute atomic E-state index is 0.291. The van der Waals surface area contributed by atoms with E-state index in [0.29, 0.717) is 12.0 Å². The summed E-state index contributed by atoms with van der Waals surface area (Å²) in [4.78, 5) is 11.7. The molecule has 0 aliphatic heterocycles. The number of carbonyl (C=O) groups is 1. The summed E-state index contributed by atoms with van der Waals surface area (Å²) in [6.45, 7) is 4.13. The topological polar surface area (TPSA) is 35.5 Å². The summed E-state index contributed by atoms with van der Waals surface area (Å²) in [7, 11) is 1.82. The molecule has 0 aromatic heterocycles. The number of rotatable bonds is 6. The van der Waals surface area contributed by atoms with Crippen LogP contribution in [0.5, 0.6) is 5.75 Å². The molecule has 0 heterocycles. The van der Waals surface area contributed by atoms with Gasteiger partial charge < -0.3 is 9.47 Å². The molecule has 32 heavy (non-hydrogen) atoms. The molecule has 4 aliphatic rings. The summed E-state index contributed by atoms with van der Waals surface area (Å²) in [5.74, 6) is 3.50. The van der Waals surface area contributed by atoms with Crippen molar-refractivity contribution in [1.82, 2.24) is 0 Å². The van der Waals surface area contributed by atoms with Crippen molar-refractivity contribution in [3.05, 3.63) is 59.2 Å². The fourth-order valence-electron chi connectivity index (χ4n) is 7.07. The van der Waals surface area contributed by atoms with Crippen LogP contribution in [0.15, 0.2) is 48.1 Å². The Hall–Kier alpha value is -2.55. The number of methoxy groups -OCH3 is 1. The van der Waals surface area contributed by atoms with E-state index >= 15 is 0 Å². The van der Waals surface area contributed by atoms with Crippen molar-refractivity contribution >= 4 is 22.8 Å². The van der Waals surface area contributed by atoms with Crippen molar-refractivity contribution in [2.75, 3.05) is 13.7 Å². The zero-order valence-electron chi connectivity index (χ0n) is 19.5. The molecule has 2 aromatic carbocycles. The third-order valence-electron chi connectivity index (χ3n) is 7.96. The van der Waals surface area contributed by atoms with Crippen LogP contribution in [-0.2, 0) is 14.9 Å². The van der Waals surface area contributed by atoms with E-state index < -0.39 is 0 Å². The number of allylic oxidation sites excluding steroid dienone is 2. The predicted octanol–water partition coefficient (Wildman–Crippen LogP) is 6.84. The van der Waals surface area contributed by atoms with Crippen LogP contribution in [0.1, 0.15) is 63.5 Å². The minimum Gasteiger partial charge on any atom is -0.496 e. The Morgan fingerprint density at radius 1 is 1.03 bits per heavy atom. The van der Waals surface area contributed by atoms with Gasteiger partial charge in [0.2, 0.25) is 0 Å². The van der Waals surface area contributed by atoms with Gasteiger partial charge in [-0.05, 0) is 116 Å². The van der Waals surface area contributed by atoms with Crippen molar-refractivity contribution in [1.29, 1.82) is 0 Å². The first kappa shape index (κ1) is 21.3. The van der Waals surface area contributed by atoms with E-state index in [-0.39, 0.29) is 5.97 Å². The summed E-state index contributed by atoms with van der Waals surface area (Å²) >= 11 is 0. The van der Waals surface area contributed by atoms with Gasteiger partial charge in [-0.15, -0.1) is 0 Å². The molecule has 4 fully saturated rings. The highest BCUT2D eigenvalue weighted by Gasteiger charge is 2.52. The Balaban J connectivity index is 1.48. The molecule has 2 aromatic rings. The van der Waals surface area contributed by atoms with Gasteiger partial charge in [0, 0.05) is 11.6 Å². The standard InChI is InChI=1S/C29H34O3/c1-4-32-28(30)9-19(2)5-6-20-7-8-24-15-27(31-3)26(14-25(24)13-20)29-16-21-10-22(17-29)12-23(11-21)18-29/h5-9,13-15,21-23H,4,10-12,16-18H2,1-3H3/b6-5+,19-9+. The van der Waals surface area contributed by atoms with Crippen molar-refractivity contribution in [2.45, 2.75) is 57.8 Å². The van der Waals surface area contributed by atoms with E-state index in [1.54, 1.807) is 0 Å². The monoisotopic (exact) mass is 430 g/mol. The zero-order chi connectivity index (χ0) is 22.3. The average molecular weight is 431 g/mol. The lowest BCUT2D eigenvalue weighted by molar-refractivity contribution is -0.137. The van der Waals surface area contributed by atoms with Gasteiger partial charge in [0.1, 0.15) is 5.75 Å². The van der Waals surface area contributed by atoms with Crippen LogP contribution in [-0.4, -0.2) is 19.7 Å². The molecule has 0 unspecified atom stereocenters. The van der Waals surface area contributed by atoms with Crippen LogP contribution in [0.2, 0.25) is 0 Å². The molecular formula is C29H34O3. The molecule has 0 radical (unpaired) electrons. The molecule has 0 atom stereocenters. The van der Waals surface area contributed by atoms with E-state index in [1.165, 1.54) is 60.9 Å². The van der Waals surface area contributed by atoms with Gasteiger partial charge in [-0.1, -0.05) is 24.3 Å². The van der Waals surface area contributed by atoms with Crippen molar-refractivity contribution in [3.8, 4) is 5.75 Å². The molecule has 0 spiro atoms. The van der Waals surface area contributed by atoms with E-state index in [1.807, 2.05) is 27.0 Å². The van der Waals surface area contributed by atoms with Crippen LogP contribution >= 0.6 is 0 Å². The normalized spacial score (nSPS) is 29.1. The number of fused-ring (bicyclic) bond motifs is 1. The molecule has 0 N–H and O–H groups in total. The summed E-state index contributed by atoms with van der Waals surface area (Å²) in [6, 6.07) is 11.2. The average Bonchev–Trinajstić information content (AvgIpc) is 2.76. The Morgan fingerprint density at radius 3 is 2.34 bits per heavy atom. The first-order valence-corrected chi connectivity index (χ1v) is 12.1. The van der Waals surface area contributed by atoms with Crippen LogP contribution in [0.25, 0.3) is 16.8 Å². The number of hydrogen-bond donors (Lipinski definition) is 0. The van der Waals surface area contributed by atoms with Gasteiger partial charge in [0.05, 0.1) is 13.7 Å². The summed E-state index contributed by atoms with van der Waals surface area (Å²) in [5, 5.41) is 2.48. The summed E-state index contributed by atoms with van der Waals surface area (Å²) < 4.78 is 10.9. The molecule has 3 nitrogen and oxygen atoms in total. The van der Waals surface area contributed by atoms with E-state index in [4.69, 9.17) is 9.47 Å². The number of hydrogen-bond acceptors (Lipinski definition) is 3. The summed E-state index contributed by atoms with van der Waals surface area (Å²) in [6.07, 6.45) is 13.9. The molecular weight excluding hydrogens is 396 g/mol. The fraction of sp³-hybridized carbons (Fsp3) is 0.483. The second kappa shape index (κ2) is 8.42. The lowest BCUT2D eigenvalue weighted by Gasteiger charge is -2.57. The maximum absolute atomic E-state index is 11.7. The number of esters is 1. The highest BCUT2D eigenvalue weighted by atomic mass is 16.5. The van der Waals surface area contributed by atoms with Gasteiger partial charge in [0.15, 0.2) is 0 Å². The lowest BCUT2D eigenvalue weighted by atomic mass is 9.48. The second-order valence-corrected chi connectivity index (χ2v) is 10.3. The first-order chi connectivity index (χ1) is 15.5. The van der Waals surface area contributed by atoms with Crippen LogP contribution in [0.4, 0.5) is 0 Å². The molecule has 4 saturated carbocycles. The third kappa shape index (κ3) is 3.98. The molecule has 168 valence electrons. The van der Waals surface area contributed by atoms with Gasteiger partial charge in [0.25, 0.3) is 0 Å². The Morgan fingerprint density at radius 2 is 1.72 bits per heavy atom. The molecule has 0 amide bonds. The molecule has 4 aliphatic carbocycles. The number of carbonyl (C=O) groups excluding carboxylic acids is 1. The molecule has 4 bridgehead atoms. The Kier molecular flexibility index (Phi) is 5.61. The van der Waals surface area contributed by atoms with Gasteiger partial charge in [-0.25, -0.2) is 4.79 Å². The quantitative estimate of drug-likeness (QED) is 0.286. The van der Waals surface area contributed by atoms with Gasteiger partial charge in [-0.2, -0.15) is 0 Å². The Labute approximate surface area is 191 Å². The maximum Gasteiger partial charge on any atom is 0.330 e. The van der Waals surface area contributed by atoms with Gasteiger partial charge >= 0.3 is 5.97 Å². The molecule has 0 saturated heterocycles. The van der Waals surface area contributed by atoms with E-state index in [2.05, 4.69) is 36.4 Å². The zero-order valence-corrected chi connectivity index (χ0v) is 19.5. The van der Waals surface area contributed by atoms with Crippen LogP contribution in [0.3, 0.4) is 0 Å². The fourth-order valence-corrected chi connectivity index (χ4v) is 7.07. The van der Waals surface area contributed by atoms with E-state index in [0.717, 1.165) is 34.6 Å². The maximum atomic E-state index is 11.7. The lowest BCUT2D eigenvalue weighted by Crippen LogP contribution is -2.48. The predicted molar refractivity (Wildman–Crippen MR) is 130 cm³/mol. The SMILES string of the molecule is CCOC(=O)/C=C(C)/C=C/c1ccc2cc(OC)c(C34CC5CC(CC(C5)C3)C4)cc2c1. The van der Waals surface area contributed by atoms with Crippen molar-refractivity contribution < 1.29 is 14.3 Å². The number of ether oxygens (including phenoxy) is 2. The highest BCUT2D eigenvalue weighted by Crippen LogP contribution is 2.62. The van der Waals surface area contributed by atoms with Crippen LogP contribution < -0.4 is 4.74 Å². The molecule has 6 rings (SSSR count). The smallest absolute Gasteiger partial charge is 0.330 e. The van der Waals surface area contributed by atoms with Gasteiger partial charge in [-0.3, -0.25) is 0 Å². The highest BCUT2D eigenvalue weighted by molar-refractivity contribution is 5.88. The second-order valence-electron chi connectivity index (χ2n) is 10.3. The first-order valence-electron chi connectivity index (χ1n) is 12.1. The van der Waals surface area contributed by atoms with Crippen molar-refractivity contribution in [2.24, 2.45) is 17.8 Å². The molecule has 3 heteroatoms. The summed E-state index contributed by atoms with van der Waals surface area (Å²) in [5.41, 5.74) is 3.76.